The van der Waals surface area contributed by atoms with Gasteiger partial charge in [0, 0.05) is 25.2 Å². The van der Waals surface area contributed by atoms with Gasteiger partial charge in [0.25, 0.3) is 0 Å². The zero-order chi connectivity index (χ0) is 14.0. The first-order valence-corrected chi connectivity index (χ1v) is 7.00. The molecule has 2 rings (SSSR count). The number of hydrogen-bond donors (Lipinski definition) is 1. The Kier molecular flexibility index (Phi) is 4.47. The van der Waals surface area contributed by atoms with Gasteiger partial charge in [-0.1, -0.05) is 18.0 Å². The SMILES string of the molecule is Cc1nn(C)c(Cl)c1CN1CCCCC1CC(=O)O. The Morgan fingerprint density at radius 1 is 1.53 bits per heavy atom. The van der Waals surface area contributed by atoms with Gasteiger partial charge in [-0.15, -0.1) is 0 Å². The monoisotopic (exact) mass is 285 g/mol. The van der Waals surface area contributed by atoms with E-state index in [0.29, 0.717) is 11.7 Å². The molecule has 1 fully saturated rings. The predicted molar refractivity (Wildman–Crippen MR) is 73.3 cm³/mol. The summed E-state index contributed by atoms with van der Waals surface area (Å²) in [5.41, 5.74) is 1.94. The summed E-state index contributed by atoms with van der Waals surface area (Å²) in [6, 6.07) is 0.113. The smallest absolute Gasteiger partial charge is 0.304 e. The maximum Gasteiger partial charge on any atom is 0.304 e. The molecule has 0 bridgehead atoms. The van der Waals surface area contributed by atoms with E-state index in [2.05, 4.69) is 10.00 Å². The highest BCUT2D eigenvalue weighted by molar-refractivity contribution is 6.30. The highest BCUT2D eigenvalue weighted by Crippen LogP contribution is 2.26. The molecule has 0 saturated carbocycles. The molecule has 1 unspecified atom stereocenters. The van der Waals surface area contributed by atoms with Crippen LogP contribution in [0.2, 0.25) is 5.15 Å². The van der Waals surface area contributed by atoms with Crippen molar-refractivity contribution in [2.24, 2.45) is 7.05 Å². The predicted octanol–water partition coefficient (Wildman–Crippen LogP) is 2.21. The topological polar surface area (TPSA) is 58.4 Å². The van der Waals surface area contributed by atoms with Crippen molar-refractivity contribution in [3.05, 3.63) is 16.4 Å². The van der Waals surface area contributed by atoms with Gasteiger partial charge in [0.15, 0.2) is 0 Å². The number of aryl methyl sites for hydroxylation is 2. The van der Waals surface area contributed by atoms with Gasteiger partial charge in [-0.3, -0.25) is 14.4 Å². The number of hydrogen-bond acceptors (Lipinski definition) is 3. The number of halogens is 1. The van der Waals surface area contributed by atoms with Crippen LogP contribution >= 0.6 is 11.6 Å². The molecule has 1 aliphatic heterocycles. The van der Waals surface area contributed by atoms with E-state index in [4.69, 9.17) is 16.7 Å². The second-order valence-electron chi connectivity index (χ2n) is 5.20. The summed E-state index contributed by atoms with van der Waals surface area (Å²) < 4.78 is 1.67. The van der Waals surface area contributed by atoms with E-state index in [-0.39, 0.29) is 12.5 Å². The van der Waals surface area contributed by atoms with Crippen LogP contribution in [0, 0.1) is 6.92 Å². The molecule has 2 heterocycles. The van der Waals surface area contributed by atoms with E-state index in [1.807, 2.05) is 14.0 Å². The Balaban J connectivity index is 2.12. The molecule has 1 atom stereocenters. The van der Waals surface area contributed by atoms with Crippen molar-refractivity contribution in [3.63, 3.8) is 0 Å². The van der Waals surface area contributed by atoms with Crippen LogP contribution in [0.1, 0.15) is 36.9 Å². The lowest BCUT2D eigenvalue weighted by Gasteiger charge is -2.34. The molecule has 0 amide bonds. The molecule has 0 radical (unpaired) electrons. The Morgan fingerprint density at radius 2 is 2.26 bits per heavy atom. The Bertz CT molecular complexity index is 473. The standard InChI is InChI=1S/C13H20ClN3O2/c1-9-11(13(14)16(2)15-9)8-17-6-4-3-5-10(17)7-12(18)19/h10H,3-8H2,1-2H3,(H,18,19). The fourth-order valence-electron chi connectivity index (χ4n) is 2.76. The first-order chi connectivity index (χ1) is 8.99. The van der Waals surface area contributed by atoms with E-state index in [1.54, 1.807) is 4.68 Å². The summed E-state index contributed by atoms with van der Waals surface area (Å²) in [4.78, 5) is 13.2. The number of likely N-dealkylation sites (tertiary alicyclic amines) is 1. The fraction of sp³-hybridized carbons (Fsp3) is 0.692. The average molecular weight is 286 g/mol. The Morgan fingerprint density at radius 3 is 2.84 bits per heavy atom. The Hall–Kier alpha value is -1.07. The molecule has 1 saturated heterocycles. The van der Waals surface area contributed by atoms with Crippen molar-refractivity contribution >= 4 is 17.6 Å². The maximum absolute atomic E-state index is 10.9. The molecular formula is C13H20ClN3O2. The quantitative estimate of drug-likeness (QED) is 0.921. The van der Waals surface area contributed by atoms with Crippen LogP contribution < -0.4 is 0 Å². The number of rotatable bonds is 4. The minimum atomic E-state index is -0.731. The lowest BCUT2D eigenvalue weighted by atomic mass is 9.98. The van der Waals surface area contributed by atoms with E-state index in [0.717, 1.165) is 37.1 Å². The third kappa shape index (κ3) is 3.28. The highest BCUT2D eigenvalue weighted by atomic mass is 35.5. The summed E-state index contributed by atoms with van der Waals surface area (Å²) in [5.74, 6) is -0.731. The Labute approximate surface area is 118 Å². The van der Waals surface area contributed by atoms with Crippen LogP contribution in [0.5, 0.6) is 0 Å². The molecule has 1 N–H and O–H groups in total. The summed E-state index contributed by atoms with van der Waals surface area (Å²) >= 11 is 6.24. The van der Waals surface area contributed by atoms with E-state index >= 15 is 0 Å². The zero-order valence-corrected chi connectivity index (χ0v) is 12.2. The van der Waals surface area contributed by atoms with Crippen LogP contribution in [-0.2, 0) is 18.4 Å². The summed E-state index contributed by atoms with van der Waals surface area (Å²) in [5, 5.41) is 13.9. The number of carboxylic acid groups (broad SMARTS) is 1. The number of aromatic nitrogens is 2. The molecular weight excluding hydrogens is 266 g/mol. The van der Waals surface area contributed by atoms with Gasteiger partial charge in [-0.25, -0.2) is 0 Å². The van der Waals surface area contributed by atoms with Gasteiger partial charge in [0.05, 0.1) is 12.1 Å². The second-order valence-corrected chi connectivity index (χ2v) is 5.55. The van der Waals surface area contributed by atoms with Crippen molar-refractivity contribution in [3.8, 4) is 0 Å². The molecule has 19 heavy (non-hydrogen) atoms. The molecule has 1 aliphatic rings. The first-order valence-electron chi connectivity index (χ1n) is 6.63. The van der Waals surface area contributed by atoms with E-state index < -0.39 is 5.97 Å². The highest BCUT2D eigenvalue weighted by Gasteiger charge is 2.26. The zero-order valence-electron chi connectivity index (χ0n) is 11.4. The lowest BCUT2D eigenvalue weighted by molar-refractivity contribution is -0.138. The molecule has 0 aliphatic carbocycles. The van der Waals surface area contributed by atoms with Crippen molar-refractivity contribution < 1.29 is 9.90 Å². The van der Waals surface area contributed by atoms with Crippen LogP contribution in [0.15, 0.2) is 0 Å². The lowest BCUT2D eigenvalue weighted by Crippen LogP contribution is -2.40. The second kappa shape index (κ2) is 5.92. The third-order valence-corrected chi connectivity index (χ3v) is 4.26. The molecule has 1 aromatic heterocycles. The van der Waals surface area contributed by atoms with Crippen molar-refractivity contribution in [2.75, 3.05) is 6.54 Å². The van der Waals surface area contributed by atoms with Crippen LogP contribution in [0.4, 0.5) is 0 Å². The molecule has 106 valence electrons. The van der Waals surface area contributed by atoms with Crippen molar-refractivity contribution in [2.45, 2.75) is 45.2 Å². The fourth-order valence-corrected chi connectivity index (χ4v) is 2.99. The molecule has 0 spiro atoms. The van der Waals surface area contributed by atoms with Gasteiger partial charge in [-0.05, 0) is 26.3 Å². The number of aliphatic carboxylic acids is 1. The van der Waals surface area contributed by atoms with E-state index in [9.17, 15) is 4.79 Å². The molecule has 0 aromatic carbocycles. The summed E-state index contributed by atoms with van der Waals surface area (Å²) in [6.45, 7) is 3.57. The number of carbonyl (C=O) groups is 1. The summed E-state index contributed by atoms with van der Waals surface area (Å²) in [7, 11) is 1.82. The average Bonchev–Trinajstić information content (AvgIpc) is 2.57. The molecule has 1 aromatic rings. The molecule has 6 heteroatoms. The van der Waals surface area contributed by atoms with Crippen LogP contribution in [0.25, 0.3) is 0 Å². The number of carboxylic acids is 1. The van der Waals surface area contributed by atoms with Gasteiger partial charge in [0.1, 0.15) is 5.15 Å². The first kappa shape index (κ1) is 14.3. The van der Waals surface area contributed by atoms with Crippen molar-refractivity contribution in [1.29, 1.82) is 0 Å². The van der Waals surface area contributed by atoms with Gasteiger partial charge in [-0.2, -0.15) is 5.10 Å². The third-order valence-electron chi connectivity index (χ3n) is 3.79. The normalized spacial score (nSPS) is 20.7. The van der Waals surface area contributed by atoms with E-state index in [1.165, 1.54) is 0 Å². The van der Waals surface area contributed by atoms with Crippen LogP contribution in [0.3, 0.4) is 0 Å². The van der Waals surface area contributed by atoms with Crippen molar-refractivity contribution in [1.82, 2.24) is 14.7 Å². The van der Waals surface area contributed by atoms with Gasteiger partial charge < -0.3 is 5.11 Å². The number of piperidine rings is 1. The summed E-state index contributed by atoms with van der Waals surface area (Å²) in [6.07, 6.45) is 3.38. The van der Waals surface area contributed by atoms with Gasteiger partial charge in [0.2, 0.25) is 0 Å². The maximum atomic E-state index is 10.9. The van der Waals surface area contributed by atoms with Crippen LogP contribution in [-0.4, -0.2) is 38.3 Å². The minimum absolute atomic E-state index is 0.113. The largest absolute Gasteiger partial charge is 0.481 e. The number of nitrogens with zero attached hydrogens (tertiary/aromatic N) is 3. The minimum Gasteiger partial charge on any atom is -0.481 e. The molecule has 5 nitrogen and oxygen atoms in total. The van der Waals surface area contributed by atoms with Gasteiger partial charge >= 0.3 is 5.97 Å².